The third kappa shape index (κ3) is 2.75. The van der Waals surface area contributed by atoms with Crippen LogP contribution in [-0.2, 0) is 4.79 Å². The molecule has 1 fully saturated rings. The maximum atomic E-state index is 11.9. The van der Waals surface area contributed by atoms with E-state index in [0.29, 0.717) is 11.4 Å². The molecular weight excluding hydrogens is 228 g/mol. The molecule has 0 atom stereocenters. The van der Waals surface area contributed by atoms with Crippen LogP contribution in [0.2, 0.25) is 0 Å². The van der Waals surface area contributed by atoms with Crippen molar-refractivity contribution in [2.75, 3.05) is 25.4 Å². The number of carbonyl (C=O) groups excluding carboxylic acids is 1. The fraction of sp³-hybridized carbons (Fsp3) is 0.500. The van der Waals surface area contributed by atoms with Crippen molar-refractivity contribution in [1.29, 1.82) is 0 Å². The van der Waals surface area contributed by atoms with E-state index in [1.165, 1.54) is 0 Å². The van der Waals surface area contributed by atoms with E-state index in [4.69, 9.17) is 10.5 Å². The molecule has 1 amide bonds. The topological polar surface area (TPSA) is 55.6 Å². The molecule has 1 aliphatic rings. The molecule has 98 valence electrons. The van der Waals surface area contributed by atoms with E-state index in [0.717, 1.165) is 37.1 Å². The number of hydrogen-bond donors (Lipinski definition) is 1. The zero-order valence-corrected chi connectivity index (χ0v) is 11.0. The minimum absolute atomic E-state index is 0.0480. The van der Waals surface area contributed by atoms with Crippen LogP contribution in [0.1, 0.15) is 24.0 Å². The summed E-state index contributed by atoms with van der Waals surface area (Å²) in [6.07, 6.45) is 2.19. The van der Waals surface area contributed by atoms with Crippen LogP contribution in [-0.4, -0.2) is 30.5 Å². The van der Waals surface area contributed by atoms with Crippen LogP contribution >= 0.6 is 0 Å². The van der Waals surface area contributed by atoms with Crippen molar-refractivity contribution in [1.82, 2.24) is 4.90 Å². The molecule has 0 aromatic heterocycles. The number of nitrogen functional groups attached to an aromatic ring is 1. The number of rotatable bonds is 3. The second-order valence-corrected chi connectivity index (χ2v) is 4.88. The molecule has 4 heteroatoms. The van der Waals surface area contributed by atoms with Gasteiger partial charge < -0.3 is 15.4 Å². The van der Waals surface area contributed by atoms with Crippen molar-refractivity contribution in [2.24, 2.45) is 0 Å². The highest BCUT2D eigenvalue weighted by Gasteiger charge is 2.18. The Kier molecular flexibility index (Phi) is 3.75. The van der Waals surface area contributed by atoms with Gasteiger partial charge in [-0.3, -0.25) is 4.79 Å². The van der Waals surface area contributed by atoms with Crippen LogP contribution in [0.15, 0.2) is 12.1 Å². The van der Waals surface area contributed by atoms with Crippen LogP contribution in [0.4, 0.5) is 5.69 Å². The third-order valence-corrected chi connectivity index (χ3v) is 3.25. The molecule has 18 heavy (non-hydrogen) atoms. The maximum Gasteiger partial charge on any atom is 0.260 e. The number of likely N-dealkylation sites (tertiary alicyclic amines) is 1. The number of carbonyl (C=O) groups is 1. The molecule has 2 rings (SSSR count). The predicted molar refractivity (Wildman–Crippen MR) is 71.6 cm³/mol. The number of aryl methyl sites for hydroxylation is 2. The first kappa shape index (κ1) is 12.7. The molecule has 0 unspecified atom stereocenters. The van der Waals surface area contributed by atoms with Gasteiger partial charge in [-0.15, -0.1) is 0 Å². The SMILES string of the molecule is Cc1cc(C)c(OCC(=O)N2CCCC2)c(N)c1. The number of nitrogens with zero attached hydrogens (tertiary/aromatic N) is 1. The van der Waals surface area contributed by atoms with Gasteiger partial charge in [0.1, 0.15) is 5.75 Å². The minimum Gasteiger partial charge on any atom is -0.481 e. The zero-order valence-electron chi connectivity index (χ0n) is 11.0. The Hall–Kier alpha value is -1.71. The Morgan fingerprint density at radius 1 is 1.33 bits per heavy atom. The number of amides is 1. The Morgan fingerprint density at radius 3 is 2.61 bits per heavy atom. The van der Waals surface area contributed by atoms with E-state index in [9.17, 15) is 4.79 Å². The van der Waals surface area contributed by atoms with Crippen LogP contribution in [0.5, 0.6) is 5.75 Å². The van der Waals surface area contributed by atoms with Crippen molar-refractivity contribution >= 4 is 11.6 Å². The molecule has 0 aliphatic carbocycles. The van der Waals surface area contributed by atoms with Crippen molar-refractivity contribution in [3.8, 4) is 5.75 Å². The molecule has 2 N–H and O–H groups in total. The molecular formula is C14H20N2O2. The normalized spacial score (nSPS) is 14.9. The quantitative estimate of drug-likeness (QED) is 0.831. The lowest BCUT2D eigenvalue weighted by molar-refractivity contribution is -0.132. The number of anilines is 1. The summed E-state index contributed by atoms with van der Waals surface area (Å²) in [6, 6.07) is 3.87. The molecule has 1 aliphatic heterocycles. The average Bonchev–Trinajstić information content (AvgIpc) is 2.80. The van der Waals surface area contributed by atoms with Crippen molar-refractivity contribution in [3.05, 3.63) is 23.3 Å². The first-order valence-electron chi connectivity index (χ1n) is 6.35. The highest BCUT2D eigenvalue weighted by Crippen LogP contribution is 2.27. The van der Waals surface area contributed by atoms with Gasteiger partial charge in [-0.25, -0.2) is 0 Å². The van der Waals surface area contributed by atoms with Crippen molar-refractivity contribution in [2.45, 2.75) is 26.7 Å². The van der Waals surface area contributed by atoms with E-state index in [1.807, 2.05) is 30.9 Å². The molecule has 4 nitrogen and oxygen atoms in total. The van der Waals surface area contributed by atoms with E-state index < -0.39 is 0 Å². The van der Waals surface area contributed by atoms with Gasteiger partial charge in [0.15, 0.2) is 6.61 Å². The molecule has 0 radical (unpaired) electrons. The smallest absolute Gasteiger partial charge is 0.260 e. The van der Waals surface area contributed by atoms with Crippen LogP contribution in [0.25, 0.3) is 0 Å². The molecule has 0 spiro atoms. The van der Waals surface area contributed by atoms with Gasteiger partial charge in [0.05, 0.1) is 5.69 Å². The molecule has 1 saturated heterocycles. The monoisotopic (exact) mass is 248 g/mol. The second-order valence-electron chi connectivity index (χ2n) is 4.88. The van der Waals surface area contributed by atoms with Crippen molar-refractivity contribution in [3.63, 3.8) is 0 Å². The van der Waals surface area contributed by atoms with Gasteiger partial charge in [-0.2, -0.15) is 0 Å². The van der Waals surface area contributed by atoms with Crippen LogP contribution in [0, 0.1) is 13.8 Å². The van der Waals surface area contributed by atoms with Gasteiger partial charge in [0.2, 0.25) is 0 Å². The summed E-state index contributed by atoms with van der Waals surface area (Å²) in [5.74, 6) is 0.681. The van der Waals surface area contributed by atoms with Gasteiger partial charge >= 0.3 is 0 Å². The Balaban J connectivity index is 1.99. The summed E-state index contributed by atoms with van der Waals surface area (Å²) in [7, 11) is 0. The van der Waals surface area contributed by atoms with Gasteiger partial charge in [-0.1, -0.05) is 6.07 Å². The highest BCUT2D eigenvalue weighted by atomic mass is 16.5. The van der Waals surface area contributed by atoms with Gasteiger partial charge in [0, 0.05) is 13.1 Å². The minimum atomic E-state index is 0.0480. The summed E-state index contributed by atoms with van der Waals surface area (Å²) in [5, 5.41) is 0. The van der Waals surface area contributed by atoms with E-state index in [-0.39, 0.29) is 12.5 Å². The van der Waals surface area contributed by atoms with Gasteiger partial charge in [-0.05, 0) is 43.9 Å². The van der Waals surface area contributed by atoms with Crippen LogP contribution in [0.3, 0.4) is 0 Å². The summed E-state index contributed by atoms with van der Waals surface area (Å²) in [4.78, 5) is 13.7. The number of hydrogen-bond acceptors (Lipinski definition) is 3. The standard InChI is InChI=1S/C14H20N2O2/c1-10-7-11(2)14(12(15)8-10)18-9-13(17)16-5-3-4-6-16/h7-8H,3-6,9,15H2,1-2H3. The molecule has 1 aromatic carbocycles. The number of nitrogens with two attached hydrogens (primary N) is 1. The van der Waals surface area contributed by atoms with E-state index >= 15 is 0 Å². The average molecular weight is 248 g/mol. The Bertz CT molecular complexity index is 428. The molecule has 0 bridgehead atoms. The van der Waals surface area contributed by atoms with Crippen molar-refractivity contribution < 1.29 is 9.53 Å². The summed E-state index contributed by atoms with van der Waals surface area (Å²) in [6.45, 7) is 5.71. The van der Waals surface area contributed by atoms with Gasteiger partial charge in [0.25, 0.3) is 5.91 Å². The first-order valence-corrected chi connectivity index (χ1v) is 6.35. The fourth-order valence-electron chi connectivity index (χ4n) is 2.38. The Morgan fingerprint density at radius 2 is 2.00 bits per heavy atom. The lowest BCUT2D eigenvalue weighted by atomic mass is 10.1. The third-order valence-electron chi connectivity index (χ3n) is 3.25. The lowest BCUT2D eigenvalue weighted by Gasteiger charge is -2.17. The maximum absolute atomic E-state index is 11.9. The fourth-order valence-corrected chi connectivity index (χ4v) is 2.38. The highest BCUT2D eigenvalue weighted by molar-refractivity contribution is 5.78. The largest absolute Gasteiger partial charge is 0.481 e. The molecule has 1 aromatic rings. The number of benzene rings is 1. The Labute approximate surface area is 108 Å². The first-order chi connectivity index (χ1) is 8.58. The summed E-state index contributed by atoms with van der Waals surface area (Å²) in [5.41, 5.74) is 8.58. The predicted octanol–water partition coefficient (Wildman–Crippen LogP) is 1.89. The lowest BCUT2D eigenvalue weighted by Crippen LogP contribution is -2.32. The summed E-state index contributed by atoms with van der Waals surface area (Å²) >= 11 is 0. The summed E-state index contributed by atoms with van der Waals surface area (Å²) < 4.78 is 5.58. The second kappa shape index (κ2) is 5.29. The molecule has 0 saturated carbocycles. The van der Waals surface area contributed by atoms with E-state index in [1.54, 1.807) is 0 Å². The van der Waals surface area contributed by atoms with Crippen LogP contribution < -0.4 is 10.5 Å². The van der Waals surface area contributed by atoms with E-state index in [2.05, 4.69) is 0 Å². The zero-order chi connectivity index (χ0) is 13.1. The number of ether oxygens (including phenoxy) is 1. The molecule has 1 heterocycles.